The van der Waals surface area contributed by atoms with Gasteiger partial charge in [-0.2, -0.15) is 0 Å². The van der Waals surface area contributed by atoms with Crippen molar-refractivity contribution in [2.45, 2.75) is 65.1 Å². The van der Waals surface area contributed by atoms with Gasteiger partial charge in [0.15, 0.2) is 0 Å². The summed E-state index contributed by atoms with van der Waals surface area (Å²) < 4.78 is 11.1. The molecule has 0 aromatic carbocycles. The molecule has 0 saturated carbocycles. The molecule has 0 heterocycles. The molecule has 0 fully saturated rings. The van der Waals surface area contributed by atoms with Crippen LogP contribution < -0.4 is 5.32 Å². The maximum absolute atomic E-state index is 5.78. The van der Waals surface area contributed by atoms with Crippen molar-refractivity contribution >= 4 is 0 Å². The lowest BCUT2D eigenvalue weighted by atomic mass is 10.1. The molecule has 0 aromatic heterocycles. The second-order valence-corrected chi connectivity index (χ2v) is 5.29. The first kappa shape index (κ1) is 16.9. The second kappa shape index (κ2) is 9.86. The highest BCUT2D eigenvalue weighted by Gasteiger charge is 2.16. The van der Waals surface area contributed by atoms with E-state index in [0.29, 0.717) is 6.10 Å². The summed E-state index contributed by atoms with van der Waals surface area (Å²) in [5.41, 5.74) is -0.0671. The minimum Gasteiger partial charge on any atom is -0.379 e. The zero-order valence-electron chi connectivity index (χ0n) is 12.3. The van der Waals surface area contributed by atoms with Crippen LogP contribution in [0.2, 0.25) is 0 Å². The molecule has 3 heteroatoms. The van der Waals surface area contributed by atoms with Gasteiger partial charge >= 0.3 is 0 Å². The van der Waals surface area contributed by atoms with Gasteiger partial charge in [0.05, 0.1) is 11.7 Å². The zero-order valence-corrected chi connectivity index (χ0v) is 12.3. The topological polar surface area (TPSA) is 30.5 Å². The Morgan fingerprint density at radius 3 is 2.53 bits per heavy atom. The van der Waals surface area contributed by atoms with Gasteiger partial charge in [0, 0.05) is 13.7 Å². The van der Waals surface area contributed by atoms with Gasteiger partial charge in [0.1, 0.15) is 0 Å². The van der Waals surface area contributed by atoms with Crippen molar-refractivity contribution in [3.05, 3.63) is 0 Å². The van der Waals surface area contributed by atoms with Gasteiger partial charge in [-0.15, -0.1) is 0 Å². The van der Waals surface area contributed by atoms with E-state index in [1.807, 2.05) is 0 Å². The van der Waals surface area contributed by atoms with E-state index in [1.54, 1.807) is 7.11 Å². The van der Waals surface area contributed by atoms with Gasteiger partial charge in [0.2, 0.25) is 0 Å². The lowest BCUT2D eigenvalue weighted by molar-refractivity contribution is -0.0248. The first-order valence-electron chi connectivity index (χ1n) is 6.89. The van der Waals surface area contributed by atoms with Gasteiger partial charge in [-0.05, 0) is 59.5 Å². The maximum Gasteiger partial charge on any atom is 0.0644 e. The van der Waals surface area contributed by atoms with Gasteiger partial charge < -0.3 is 14.8 Å². The van der Waals surface area contributed by atoms with E-state index in [4.69, 9.17) is 9.47 Å². The van der Waals surface area contributed by atoms with Crippen LogP contribution >= 0.6 is 0 Å². The lowest BCUT2D eigenvalue weighted by Gasteiger charge is -2.23. The van der Waals surface area contributed by atoms with Crippen LogP contribution in [0.4, 0.5) is 0 Å². The van der Waals surface area contributed by atoms with E-state index < -0.39 is 0 Å². The summed E-state index contributed by atoms with van der Waals surface area (Å²) in [7, 11) is 1.75. The molecule has 0 rings (SSSR count). The Morgan fingerprint density at radius 1 is 1.24 bits per heavy atom. The fraction of sp³-hybridized carbons (Fsp3) is 1.00. The molecule has 3 nitrogen and oxygen atoms in total. The zero-order chi connectivity index (χ0) is 13.1. The molecular weight excluding hydrogens is 214 g/mol. The molecule has 1 atom stereocenters. The fourth-order valence-electron chi connectivity index (χ4n) is 1.51. The van der Waals surface area contributed by atoms with Crippen LogP contribution in [-0.2, 0) is 9.47 Å². The van der Waals surface area contributed by atoms with E-state index in [2.05, 4.69) is 33.0 Å². The quantitative estimate of drug-likeness (QED) is 0.568. The first-order chi connectivity index (χ1) is 8.02. The Bertz CT molecular complexity index is 172. The molecule has 1 unspecified atom stereocenters. The smallest absolute Gasteiger partial charge is 0.0644 e. The largest absolute Gasteiger partial charge is 0.379 e. The summed E-state index contributed by atoms with van der Waals surface area (Å²) in [4.78, 5) is 0. The van der Waals surface area contributed by atoms with Crippen LogP contribution in [-0.4, -0.2) is 38.5 Å². The van der Waals surface area contributed by atoms with Crippen molar-refractivity contribution in [1.29, 1.82) is 0 Å². The SMILES string of the molecule is CCCNCCCC(C)OCCC(C)(C)OC. The van der Waals surface area contributed by atoms with Crippen LogP contribution in [0.25, 0.3) is 0 Å². The van der Waals surface area contributed by atoms with E-state index in [0.717, 1.165) is 32.5 Å². The predicted molar refractivity (Wildman–Crippen MR) is 73.5 cm³/mol. The highest BCUT2D eigenvalue weighted by Crippen LogP contribution is 2.13. The number of methoxy groups -OCH3 is 1. The van der Waals surface area contributed by atoms with Crippen molar-refractivity contribution in [3.63, 3.8) is 0 Å². The monoisotopic (exact) mass is 245 g/mol. The van der Waals surface area contributed by atoms with E-state index in [1.165, 1.54) is 12.8 Å². The predicted octanol–water partition coefficient (Wildman–Crippen LogP) is 2.99. The normalized spacial score (nSPS) is 13.9. The summed E-state index contributed by atoms with van der Waals surface area (Å²) in [6.07, 6.45) is 4.82. The number of nitrogens with one attached hydrogen (secondary N) is 1. The van der Waals surface area contributed by atoms with Crippen molar-refractivity contribution in [3.8, 4) is 0 Å². The molecule has 1 N–H and O–H groups in total. The third-order valence-corrected chi connectivity index (χ3v) is 3.05. The Labute approximate surface area is 107 Å². The number of ether oxygens (including phenoxy) is 2. The Hall–Kier alpha value is -0.120. The molecular formula is C14H31NO2. The third-order valence-electron chi connectivity index (χ3n) is 3.05. The minimum absolute atomic E-state index is 0.0671. The standard InChI is InChI=1S/C14H31NO2/c1-6-10-15-11-7-8-13(2)17-12-9-14(3,4)16-5/h13,15H,6-12H2,1-5H3. The Morgan fingerprint density at radius 2 is 1.94 bits per heavy atom. The molecule has 0 aromatic rings. The highest BCUT2D eigenvalue weighted by molar-refractivity contribution is 4.67. The van der Waals surface area contributed by atoms with Crippen molar-refractivity contribution in [1.82, 2.24) is 5.32 Å². The second-order valence-electron chi connectivity index (χ2n) is 5.29. The van der Waals surface area contributed by atoms with E-state index in [-0.39, 0.29) is 5.60 Å². The number of hydrogen-bond donors (Lipinski definition) is 1. The molecule has 0 amide bonds. The number of rotatable bonds is 11. The first-order valence-corrected chi connectivity index (χ1v) is 6.89. The lowest BCUT2D eigenvalue weighted by Crippen LogP contribution is -2.25. The molecule has 0 aliphatic rings. The summed E-state index contributed by atoms with van der Waals surface area (Å²) in [6.45, 7) is 11.5. The van der Waals surface area contributed by atoms with Gasteiger partial charge in [-0.3, -0.25) is 0 Å². The van der Waals surface area contributed by atoms with E-state index in [9.17, 15) is 0 Å². The molecule has 0 aliphatic heterocycles. The molecule has 0 saturated heterocycles. The Balaban J connectivity index is 3.37. The fourth-order valence-corrected chi connectivity index (χ4v) is 1.51. The van der Waals surface area contributed by atoms with Crippen LogP contribution in [0.3, 0.4) is 0 Å². The summed E-state index contributed by atoms with van der Waals surface area (Å²) >= 11 is 0. The van der Waals surface area contributed by atoms with Crippen LogP contribution in [0.1, 0.15) is 53.4 Å². The van der Waals surface area contributed by atoms with Crippen molar-refractivity contribution < 1.29 is 9.47 Å². The van der Waals surface area contributed by atoms with Crippen LogP contribution in [0, 0.1) is 0 Å². The molecule has 0 aliphatic carbocycles. The maximum atomic E-state index is 5.78. The molecule has 104 valence electrons. The Kier molecular flexibility index (Phi) is 9.79. The molecule has 0 radical (unpaired) electrons. The average Bonchev–Trinajstić information content (AvgIpc) is 2.28. The third kappa shape index (κ3) is 10.7. The average molecular weight is 245 g/mol. The van der Waals surface area contributed by atoms with Gasteiger partial charge in [0.25, 0.3) is 0 Å². The van der Waals surface area contributed by atoms with E-state index >= 15 is 0 Å². The van der Waals surface area contributed by atoms with Gasteiger partial charge in [-0.1, -0.05) is 6.92 Å². The van der Waals surface area contributed by atoms with Gasteiger partial charge in [-0.25, -0.2) is 0 Å². The number of hydrogen-bond acceptors (Lipinski definition) is 3. The summed E-state index contributed by atoms with van der Waals surface area (Å²) in [5.74, 6) is 0. The van der Waals surface area contributed by atoms with Crippen LogP contribution in [0.15, 0.2) is 0 Å². The molecule has 0 spiro atoms. The molecule has 0 bridgehead atoms. The summed E-state index contributed by atoms with van der Waals surface area (Å²) in [5, 5.41) is 3.40. The van der Waals surface area contributed by atoms with Crippen LogP contribution in [0.5, 0.6) is 0 Å². The van der Waals surface area contributed by atoms with Crippen molar-refractivity contribution in [2.24, 2.45) is 0 Å². The summed E-state index contributed by atoms with van der Waals surface area (Å²) in [6, 6.07) is 0. The molecule has 17 heavy (non-hydrogen) atoms. The minimum atomic E-state index is -0.0671. The van der Waals surface area contributed by atoms with Crippen molar-refractivity contribution in [2.75, 3.05) is 26.8 Å². The highest BCUT2D eigenvalue weighted by atomic mass is 16.5.